The Balaban J connectivity index is 0.602. The Morgan fingerprint density at radius 2 is 0.527 bits per heavy atom. The molecule has 0 aliphatic heterocycles. The minimum atomic E-state index is 0.630. The minimum Gasteiger partial charge on any atom is -0.226 e. The van der Waals surface area contributed by atoms with Crippen LogP contribution in [0.5, 0.6) is 0 Å². The Labute approximate surface area is 657 Å². The first-order valence-electron chi connectivity index (χ1n) is 36.9. The second kappa shape index (κ2) is 27.1. The van der Waals surface area contributed by atoms with Gasteiger partial charge in [-0.25, -0.2) is 49.8 Å². The number of rotatable bonds is 13. The van der Waals surface area contributed by atoms with Crippen LogP contribution in [0.4, 0.5) is 0 Å². The van der Waals surface area contributed by atoms with Crippen LogP contribution in [0, 0.1) is 0 Å². The molecule has 14 aromatic carbocycles. The van der Waals surface area contributed by atoms with E-state index in [4.69, 9.17) is 49.8 Å². The van der Waals surface area contributed by atoms with Gasteiger partial charge >= 0.3 is 0 Å². The van der Waals surface area contributed by atoms with E-state index < -0.39 is 0 Å². The van der Waals surface area contributed by atoms with Crippen molar-refractivity contribution in [3.05, 3.63) is 340 Å². The maximum atomic E-state index is 5.54. The average Bonchev–Trinajstić information content (AvgIpc) is 1.60. The summed E-state index contributed by atoms with van der Waals surface area (Å²) in [6.45, 7) is 0. The van der Waals surface area contributed by atoms with Crippen LogP contribution >= 0.6 is 45.3 Å². The van der Waals surface area contributed by atoms with Crippen molar-refractivity contribution in [2.45, 2.75) is 0 Å². The summed E-state index contributed by atoms with van der Waals surface area (Å²) in [5, 5.41) is 6.90. The second-order valence-electron chi connectivity index (χ2n) is 27.7. The molecule has 14 heteroatoms. The molecule has 0 fully saturated rings. The molecule has 522 valence electrons. The zero-order chi connectivity index (χ0) is 73.7. The lowest BCUT2D eigenvalue weighted by molar-refractivity contribution is 1.07. The Bertz CT molecular complexity index is 7380. The van der Waals surface area contributed by atoms with Crippen molar-refractivity contribution in [2.75, 3.05) is 0 Å². The molecule has 8 aromatic heterocycles. The summed E-state index contributed by atoms with van der Waals surface area (Å²) in [7, 11) is 0. The van der Waals surface area contributed by atoms with Gasteiger partial charge in [0.05, 0.1) is 31.8 Å². The monoisotopic (exact) mass is 1500 g/mol. The topological polar surface area (TPSA) is 129 Å². The van der Waals surface area contributed by atoms with Crippen molar-refractivity contribution in [1.29, 1.82) is 0 Å². The number of nitrogens with zero attached hydrogens (tertiary/aromatic N) is 10. The fraction of sp³-hybridized carbons (Fsp3) is 0. The molecule has 0 spiro atoms. The van der Waals surface area contributed by atoms with E-state index >= 15 is 0 Å². The third-order valence-electron chi connectivity index (χ3n) is 20.9. The number of aromatic nitrogens is 10. The number of hydrogen-bond donors (Lipinski definition) is 0. The molecule has 0 N–H and O–H groups in total. The van der Waals surface area contributed by atoms with Crippen molar-refractivity contribution < 1.29 is 0 Å². The van der Waals surface area contributed by atoms with Crippen LogP contribution in [-0.2, 0) is 0 Å². The normalized spacial score (nSPS) is 11.8. The molecule has 0 atom stereocenters. The molecule has 112 heavy (non-hydrogen) atoms. The van der Waals surface area contributed by atoms with Crippen LogP contribution in [0.2, 0.25) is 0 Å². The van der Waals surface area contributed by atoms with E-state index in [1.165, 1.54) is 30.3 Å². The summed E-state index contributed by atoms with van der Waals surface area (Å²) in [5.41, 5.74) is 19.8. The highest BCUT2D eigenvalue weighted by Crippen LogP contribution is 2.49. The summed E-state index contributed by atoms with van der Waals surface area (Å²) < 4.78 is 9.03. The van der Waals surface area contributed by atoms with Gasteiger partial charge in [-0.1, -0.05) is 291 Å². The van der Waals surface area contributed by atoms with E-state index in [1.54, 1.807) is 45.3 Å². The van der Waals surface area contributed by atoms with E-state index in [0.717, 1.165) is 151 Å². The van der Waals surface area contributed by atoms with E-state index in [1.807, 2.05) is 127 Å². The van der Waals surface area contributed by atoms with Crippen LogP contribution in [-0.4, -0.2) is 49.8 Å². The van der Waals surface area contributed by atoms with Crippen LogP contribution in [0.1, 0.15) is 0 Å². The molecule has 0 amide bonds. The van der Waals surface area contributed by atoms with Crippen LogP contribution < -0.4 is 0 Å². The molecular weight excluding hydrogens is 1450 g/mol. The van der Waals surface area contributed by atoms with Gasteiger partial charge in [-0.05, 0) is 81.9 Å². The standard InChI is InChI=1S/C98H56N10S4/c1-6-23-58(24-7-1)91-99-84(67-35-18-33-65(53-67)70-38-22-44-80-82(70)75-41-21-42-76(88(75)111-80)98-107-95(61-29-12-4-13-30-61)104-96(108-98)62-31-14-5-15-32-62)90-86(102-91)77-55-64(50-52-79(77)110-90)57-45-47-63(48-46-57)92-100-83(89-85(101-92)74-37-16-17-43-78(74)109-89)68-36-19-34-66(54-68)71-39-20-40-73-72-51-49-69(56-81(72)112-87(71)73)97-105-93(59-25-8-2-9-26-59)103-94(106-97)60-27-10-3-11-28-60/h1-56H. The third-order valence-corrected chi connectivity index (χ3v) is 25.6. The molecule has 0 aliphatic carbocycles. The molecule has 22 aromatic rings. The maximum Gasteiger partial charge on any atom is 0.165 e. The van der Waals surface area contributed by atoms with E-state index in [9.17, 15) is 0 Å². The first kappa shape index (κ1) is 65.2. The predicted octanol–water partition coefficient (Wildman–Crippen LogP) is 26.8. The van der Waals surface area contributed by atoms with Gasteiger partial charge in [0.25, 0.3) is 0 Å². The highest BCUT2D eigenvalue weighted by molar-refractivity contribution is 7.27. The van der Waals surface area contributed by atoms with Gasteiger partial charge in [-0.2, -0.15) is 0 Å². The van der Waals surface area contributed by atoms with E-state index in [-0.39, 0.29) is 0 Å². The summed E-state index contributed by atoms with van der Waals surface area (Å²) >= 11 is 7.05. The summed E-state index contributed by atoms with van der Waals surface area (Å²) in [4.78, 5) is 52.4. The first-order chi connectivity index (χ1) is 55.4. The van der Waals surface area contributed by atoms with Gasteiger partial charge in [-0.15, -0.1) is 45.3 Å². The molecular formula is C98H56N10S4. The van der Waals surface area contributed by atoms with Crippen LogP contribution in [0.3, 0.4) is 0 Å². The van der Waals surface area contributed by atoms with Crippen molar-refractivity contribution in [1.82, 2.24) is 49.8 Å². The Morgan fingerprint density at radius 3 is 1.11 bits per heavy atom. The van der Waals surface area contributed by atoms with Gasteiger partial charge in [0.2, 0.25) is 0 Å². The summed E-state index contributed by atoms with van der Waals surface area (Å²) in [5.74, 6) is 5.14. The molecule has 0 saturated carbocycles. The number of thiophene rings is 4. The zero-order valence-corrected chi connectivity index (χ0v) is 62.7. The number of fused-ring (bicyclic) bond motifs is 12. The van der Waals surface area contributed by atoms with Gasteiger partial charge < -0.3 is 0 Å². The Hall–Kier alpha value is -13.9. The quantitative estimate of drug-likeness (QED) is 0.110. The van der Waals surface area contributed by atoms with Crippen molar-refractivity contribution in [3.8, 4) is 147 Å². The fourth-order valence-electron chi connectivity index (χ4n) is 15.4. The van der Waals surface area contributed by atoms with Gasteiger partial charge in [0.15, 0.2) is 46.6 Å². The largest absolute Gasteiger partial charge is 0.226 e. The molecule has 0 radical (unpaired) electrons. The van der Waals surface area contributed by atoms with Gasteiger partial charge in [0, 0.05) is 116 Å². The van der Waals surface area contributed by atoms with Crippen LogP contribution in [0.15, 0.2) is 340 Å². The second-order valence-corrected chi connectivity index (χ2v) is 31.9. The predicted molar refractivity (Wildman–Crippen MR) is 467 cm³/mol. The lowest BCUT2D eigenvalue weighted by Crippen LogP contribution is -2.00. The molecule has 0 unspecified atom stereocenters. The van der Waals surface area contributed by atoms with Crippen molar-refractivity contribution in [2.24, 2.45) is 0 Å². The lowest BCUT2D eigenvalue weighted by atomic mass is 9.96. The highest BCUT2D eigenvalue weighted by Gasteiger charge is 2.25. The number of hydrogen-bond acceptors (Lipinski definition) is 14. The first-order valence-corrected chi connectivity index (χ1v) is 40.2. The molecule has 10 nitrogen and oxygen atoms in total. The van der Waals surface area contributed by atoms with Gasteiger partial charge in [0.1, 0.15) is 0 Å². The van der Waals surface area contributed by atoms with Crippen molar-refractivity contribution in [3.63, 3.8) is 0 Å². The SMILES string of the molecule is c1ccc(-c2nc(-c3ccccc3)nc(-c3ccc4c(c3)sc3c(-c5cccc(-c6nc(-c7ccc(-c8ccc9sc%10c(-c%11cccc(-c%12cccc%13sc%14c(-c%15nc(-c%16ccccc%16)nc(-c%16ccccc%16)n%15)cccc%14c%12%13)c%11)nc(-c%11ccccc%11)nc%10c9c8)cc7)nc7c6sc6ccccc67)c5)cccc34)n2)cc1. The highest BCUT2D eigenvalue weighted by atomic mass is 32.1. The third kappa shape index (κ3) is 11.5. The maximum absolute atomic E-state index is 5.54. The Kier molecular flexibility index (Phi) is 15.8. The summed E-state index contributed by atoms with van der Waals surface area (Å²) in [6, 6.07) is 119. The van der Waals surface area contributed by atoms with E-state index in [2.05, 4.69) is 212 Å². The van der Waals surface area contributed by atoms with Crippen LogP contribution in [0.25, 0.3) is 228 Å². The lowest BCUT2D eigenvalue weighted by Gasteiger charge is -2.11. The molecule has 8 heterocycles. The zero-order valence-electron chi connectivity index (χ0n) is 59.4. The molecule has 22 rings (SSSR count). The molecule has 0 bridgehead atoms. The molecule has 0 aliphatic rings. The van der Waals surface area contributed by atoms with Gasteiger partial charge in [-0.3, -0.25) is 0 Å². The average molecular weight is 1500 g/mol. The Morgan fingerprint density at radius 1 is 0.161 bits per heavy atom. The number of benzene rings is 14. The van der Waals surface area contributed by atoms with E-state index in [0.29, 0.717) is 46.6 Å². The smallest absolute Gasteiger partial charge is 0.165 e. The fourth-order valence-corrected chi connectivity index (χ4v) is 20.2. The van der Waals surface area contributed by atoms with Crippen molar-refractivity contribution >= 4 is 126 Å². The summed E-state index contributed by atoms with van der Waals surface area (Å²) in [6.07, 6.45) is 0. The minimum absolute atomic E-state index is 0.630. The molecule has 0 saturated heterocycles.